The topological polar surface area (TPSA) is 34.8 Å². The SMILES string of the molecule is Cc1nn(C)c(C)c1CNCc1cccn1C. The van der Waals surface area contributed by atoms with Crippen LogP contribution < -0.4 is 5.32 Å². The van der Waals surface area contributed by atoms with Gasteiger partial charge in [-0.3, -0.25) is 4.68 Å². The van der Waals surface area contributed by atoms with Crippen molar-refractivity contribution < 1.29 is 0 Å². The van der Waals surface area contributed by atoms with Gasteiger partial charge in [0.25, 0.3) is 0 Å². The van der Waals surface area contributed by atoms with Crippen LogP contribution in [0.15, 0.2) is 18.3 Å². The van der Waals surface area contributed by atoms with E-state index in [1.807, 2.05) is 11.7 Å². The second-order valence-corrected chi connectivity index (χ2v) is 4.49. The van der Waals surface area contributed by atoms with Crippen molar-refractivity contribution in [3.63, 3.8) is 0 Å². The van der Waals surface area contributed by atoms with E-state index in [4.69, 9.17) is 0 Å². The average Bonchev–Trinajstić information content (AvgIpc) is 2.78. The van der Waals surface area contributed by atoms with Crippen LogP contribution in [0.3, 0.4) is 0 Å². The summed E-state index contributed by atoms with van der Waals surface area (Å²) in [6.07, 6.45) is 2.07. The maximum atomic E-state index is 4.42. The van der Waals surface area contributed by atoms with Gasteiger partial charge in [0.05, 0.1) is 5.69 Å². The molecule has 0 amide bonds. The molecule has 2 heterocycles. The first-order chi connectivity index (χ1) is 8.09. The van der Waals surface area contributed by atoms with Gasteiger partial charge in [-0.2, -0.15) is 5.10 Å². The zero-order valence-electron chi connectivity index (χ0n) is 11.0. The van der Waals surface area contributed by atoms with E-state index >= 15 is 0 Å². The summed E-state index contributed by atoms with van der Waals surface area (Å²) in [6, 6.07) is 4.20. The van der Waals surface area contributed by atoms with Crippen LogP contribution in [0.1, 0.15) is 22.6 Å². The highest BCUT2D eigenvalue weighted by Crippen LogP contribution is 2.11. The monoisotopic (exact) mass is 232 g/mol. The maximum absolute atomic E-state index is 4.42. The van der Waals surface area contributed by atoms with Gasteiger partial charge in [-0.15, -0.1) is 0 Å². The Hall–Kier alpha value is -1.55. The van der Waals surface area contributed by atoms with Gasteiger partial charge in [0.15, 0.2) is 0 Å². The van der Waals surface area contributed by atoms with Gasteiger partial charge >= 0.3 is 0 Å². The molecule has 1 N–H and O–H groups in total. The van der Waals surface area contributed by atoms with Crippen LogP contribution in [-0.4, -0.2) is 14.3 Å². The van der Waals surface area contributed by atoms with Crippen LogP contribution in [0.4, 0.5) is 0 Å². The van der Waals surface area contributed by atoms with Gasteiger partial charge in [0.1, 0.15) is 0 Å². The molecule has 0 aromatic carbocycles. The molecule has 0 radical (unpaired) electrons. The molecule has 17 heavy (non-hydrogen) atoms. The molecule has 0 spiro atoms. The quantitative estimate of drug-likeness (QED) is 0.870. The van der Waals surface area contributed by atoms with Crippen LogP contribution in [0, 0.1) is 13.8 Å². The summed E-state index contributed by atoms with van der Waals surface area (Å²) in [5, 5.41) is 7.88. The number of nitrogens with one attached hydrogen (secondary N) is 1. The van der Waals surface area contributed by atoms with Gasteiger partial charge in [0.2, 0.25) is 0 Å². The third-order valence-electron chi connectivity index (χ3n) is 3.32. The minimum atomic E-state index is 0.872. The lowest BCUT2D eigenvalue weighted by Crippen LogP contribution is -2.15. The number of hydrogen-bond acceptors (Lipinski definition) is 2. The van der Waals surface area contributed by atoms with Crippen LogP contribution >= 0.6 is 0 Å². The Morgan fingerprint density at radius 3 is 2.53 bits per heavy atom. The minimum absolute atomic E-state index is 0.872. The highest BCUT2D eigenvalue weighted by molar-refractivity contribution is 5.24. The molecule has 0 aliphatic carbocycles. The van der Waals surface area contributed by atoms with E-state index in [0.717, 1.165) is 18.8 Å². The summed E-state index contributed by atoms with van der Waals surface area (Å²) < 4.78 is 4.07. The van der Waals surface area contributed by atoms with Crippen molar-refractivity contribution in [3.8, 4) is 0 Å². The lowest BCUT2D eigenvalue weighted by molar-refractivity contribution is 0.650. The molecule has 2 rings (SSSR count). The first-order valence-corrected chi connectivity index (χ1v) is 5.89. The average molecular weight is 232 g/mol. The van der Waals surface area contributed by atoms with Crippen molar-refractivity contribution in [2.24, 2.45) is 14.1 Å². The van der Waals surface area contributed by atoms with Gasteiger partial charge in [-0.05, 0) is 26.0 Å². The summed E-state index contributed by atoms with van der Waals surface area (Å²) in [6.45, 7) is 5.93. The van der Waals surface area contributed by atoms with E-state index in [2.05, 4.69) is 54.2 Å². The Morgan fingerprint density at radius 2 is 2.00 bits per heavy atom. The third-order valence-corrected chi connectivity index (χ3v) is 3.32. The Labute approximate surface area is 102 Å². The van der Waals surface area contributed by atoms with E-state index in [1.165, 1.54) is 17.0 Å². The molecule has 0 atom stereocenters. The first kappa shape index (κ1) is 11.9. The molecule has 0 aliphatic rings. The van der Waals surface area contributed by atoms with Crippen molar-refractivity contribution in [3.05, 3.63) is 41.0 Å². The Morgan fingerprint density at radius 1 is 1.24 bits per heavy atom. The van der Waals surface area contributed by atoms with Crippen LogP contribution in [-0.2, 0) is 27.2 Å². The predicted octanol–water partition coefficient (Wildman–Crippen LogP) is 1.67. The largest absolute Gasteiger partial charge is 0.353 e. The highest BCUT2D eigenvalue weighted by Gasteiger charge is 2.08. The number of rotatable bonds is 4. The zero-order valence-corrected chi connectivity index (χ0v) is 11.0. The summed E-state index contributed by atoms with van der Waals surface area (Å²) in [4.78, 5) is 0. The molecule has 0 saturated carbocycles. The fourth-order valence-electron chi connectivity index (χ4n) is 2.07. The van der Waals surface area contributed by atoms with Crippen LogP contribution in [0.5, 0.6) is 0 Å². The summed E-state index contributed by atoms with van der Waals surface area (Å²) in [5.41, 5.74) is 4.96. The van der Waals surface area contributed by atoms with Crippen molar-refractivity contribution in [1.29, 1.82) is 0 Å². The lowest BCUT2D eigenvalue weighted by Gasteiger charge is -2.06. The number of aryl methyl sites for hydroxylation is 3. The maximum Gasteiger partial charge on any atom is 0.0641 e. The molecule has 0 aliphatic heterocycles. The van der Waals surface area contributed by atoms with Crippen molar-refractivity contribution in [2.45, 2.75) is 26.9 Å². The molecule has 4 heteroatoms. The van der Waals surface area contributed by atoms with Gasteiger partial charge in [-0.25, -0.2) is 0 Å². The van der Waals surface area contributed by atoms with E-state index in [1.54, 1.807) is 0 Å². The summed E-state index contributed by atoms with van der Waals surface area (Å²) in [5.74, 6) is 0. The molecule has 0 unspecified atom stereocenters. The van der Waals surface area contributed by atoms with Crippen LogP contribution in [0.2, 0.25) is 0 Å². The fraction of sp³-hybridized carbons (Fsp3) is 0.462. The molecule has 2 aromatic rings. The molecular weight excluding hydrogens is 212 g/mol. The fourth-order valence-corrected chi connectivity index (χ4v) is 2.07. The first-order valence-electron chi connectivity index (χ1n) is 5.89. The van der Waals surface area contributed by atoms with E-state index in [9.17, 15) is 0 Å². The Kier molecular flexibility index (Phi) is 3.33. The summed E-state index contributed by atoms with van der Waals surface area (Å²) in [7, 11) is 4.06. The third kappa shape index (κ3) is 2.42. The minimum Gasteiger partial charge on any atom is -0.353 e. The van der Waals surface area contributed by atoms with E-state index in [0.29, 0.717) is 0 Å². The molecule has 0 saturated heterocycles. The Bertz CT molecular complexity index is 507. The second-order valence-electron chi connectivity index (χ2n) is 4.49. The predicted molar refractivity (Wildman–Crippen MR) is 68.6 cm³/mol. The highest BCUT2D eigenvalue weighted by atomic mass is 15.3. The zero-order chi connectivity index (χ0) is 12.4. The molecule has 0 bridgehead atoms. The Balaban J connectivity index is 1.97. The molecule has 2 aromatic heterocycles. The van der Waals surface area contributed by atoms with Gasteiger partial charge in [-0.1, -0.05) is 0 Å². The van der Waals surface area contributed by atoms with Crippen molar-refractivity contribution in [1.82, 2.24) is 19.7 Å². The molecule has 0 fully saturated rings. The number of nitrogens with zero attached hydrogens (tertiary/aromatic N) is 3. The van der Waals surface area contributed by atoms with Gasteiger partial charge in [0, 0.05) is 50.3 Å². The molecule has 92 valence electrons. The van der Waals surface area contributed by atoms with E-state index in [-0.39, 0.29) is 0 Å². The number of aromatic nitrogens is 3. The molecular formula is C13H20N4. The normalized spacial score (nSPS) is 11.1. The van der Waals surface area contributed by atoms with E-state index < -0.39 is 0 Å². The van der Waals surface area contributed by atoms with Crippen molar-refractivity contribution in [2.75, 3.05) is 0 Å². The standard InChI is InChI=1S/C13H20N4/c1-10-13(11(2)17(4)15-10)9-14-8-12-6-5-7-16(12)3/h5-7,14H,8-9H2,1-4H3. The smallest absolute Gasteiger partial charge is 0.0641 e. The van der Waals surface area contributed by atoms with Gasteiger partial charge < -0.3 is 9.88 Å². The van der Waals surface area contributed by atoms with Crippen LogP contribution in [0.25, 0.3) is 0 Å². The lowest BCUT2D eigenvalue weighted by atomic mass is 10.2. The molecule has 4 nitrogen and oxygen atoms in total. The second kappa shape index (κ2) is 4.75. The summed E-state index contributed by atoms with van der Waals surface area (Å²) >= 11 is 0. The number of hydrogen-bond donors (Lipinski definition) is 1. The van der Waals surface area contributed by atoms with Crippen molar-refractivity contribution >= 4 is 0 Å².